The van der Waals surface area contributed by atoms with Crippen LogP contribution in [-0.4, -0.2) is 16.7 Å². The van der Waals surface area contributed by atoms with Gasteiger partial charge in [0.15, 0.2) is 0 Å². The Morgan fingerprint density at radius 2 is 1.64 bits per heavy atom. The maximum atomic E-state index is 13.2. The first-order valence-electron chi connectivity index (χ1n) is 11.2. The van der Waals surface area contributed by atoms with Gasteiger partial charge in [-0.2, -0.15) is 4.98 Å². The van der Waals surface area contributed by atoms with Gasteiger partial charge in [-0.25, -0.2) is 4.79 Å². The quantitative estimate of drug-likeness (QED) is 0.322. The number of hydrogen-bond donors (Lipinski definition) is 0. The highest BCUT2D eigenvalue weighted by atomic mass is 16.5. The first-order chi connectivity index (χ1) is 16.0. The van der Waals surface area contributed by atoms with Gasteiger partial charge in [0.05, 0.1) is 24.9 Å². The fourth-order valence-corrected chi connectivity index (χ4v) is 4.30. The normalized spacial score (nSPS) is 11.4. The van der Waals surface area contributed by atoms with Crippen LogP contribution in [0.1, 0.15) is 30.9 Å². The molecule has 5 aromatic rings. The monoisotopic (exact) mass is 434 g/mol. The topological polar surface area (TPSA) is 44.1 Å². The molecule has 0 aliphatic heterocycles. The van der Waals surface area contributed by atoms with E-state index in [1.54, 1.807) is 11.7 Å². The zero-order valence-electron chi connectivity index (χ0n) is 19.1. The van der Waals surface area contributed by atoms with Crippen molar-refractivity contribution in [1.82, 2.24) is 9.55 Å². The summed E-state index contributed by atoms with van der Waals surface area (Å²) in [4.78, 5) is 17.8. The van der Waals surface area contributed by atoms with E-state index >= 15 is 0 Å². The number of benzene rings is 4. The van der Waals surface area contributed by atoms with Crippen LogP contribution in [0, 0.1) is 0 Å². The Morgan fingerprint density at radius 1 is 0.879 bits per heavy atom. The summed E-state index contributed by atoms with van der Waals surface area (Å²) >= 11 is 0. The van der Waals surface area contributed by atoms with Gasteiger partial charge >= 0.3 is 5.69 Å². The summed E-state index contributed by atoms with van der Waals surface area (Å²) in [7, 11) is 1.65. The molecule has 0 fully saturated rings. The van der Waals surface area contributed by atoms with Crippen molar-refractivity contribution in [1.29, 1.82) is 0 Å². The summed E-state index contributed by atoms with van der Waals surface area (Å²) in [6, 6.07) is 28.7. The largest absolute Gasteiger partial charge is 0.497 e. The Hall–Kier alpha value is -3.92. The van der Waals surface area contributed by atoms with Crippen LogP contribution in [0.25, 0.3) is 32.9 Å². The molecule has 164 valence electrons. The molecule has 1 aromatic heterocycles. The molecule has 0 N–H and O–H groups in total. The third-order valence-corrected chi connectivity index (χ3v) is 6.19. The lowest BCUT2D eigenvalue weighted by atomic mass is 9.99. The van der Waals surface area contributed by atoms with E-state index in [4.69, 9.17) is 4.74 Å². The molecule has 4 aromatic carbocycles. The van der Waals surface area contributed by atoms with Gasteiger partial charge < -0.3 is 4.74 Å². The second-order valence-electron chi connectivity index (χ2n) is 8.67. The highest BCUT2D eigenvalue weighted by molar-refractivity contribution is 5.93. The molecule has 4 nitrogen and oxygen atoms in total. The Balaban J connectivity index is 1.66. The molecule has 0 aliphatic carbocycles. The molecular formula is C29H26N2O2. The zero-order chi connectivity index (χ0) is 22.9. The van der Waals surface area contributed by atoms with Crippen molar-refractivity contribution in [2.75, 3.05) is 7.11 Å². The van der Waals surface area contributed by atoms with E-state index in [2.05, 4.69) is 61.3 Å². The van der Waals surface area contributed by atoms with Crippen LogP contribution in [0.5, 0.6) is 5.75 Å². The van der Waals surface area contributed by atoms with Crippen molar-refractivity contribution in [2.45, 2.75) is 26.3 Å². The summed E-state index contributed by atoms with van der Waals surface area (Å²) in [6.45, 7) is 4.79. The van der Waals surface area contributed by atoms with Gasteiger partial charge in [0.25, 0.3) is 0 Å². The zero-order valence-corrected chi connectivity index (χ0v) is 19.1. The lowest BCUT2D eigenvalue weighted by Gasteiger charge is -2.15. The Morgan fingerprint density at radius 3 is 2.36 bits per heavy atom. The average Bonchev–Trinajstić information content (AvgIpc) is 2.85. The van der Waals surface area contributed by atoms with Gasteiger partial charge in [-0.3, -0.25) is 4.57 Å². The van der Waals surface area contributed by atoms with Gasteiger partial charge in [0.1, 0.15) is 5.75 Å². The van der Waals surface area contributed by atoms with Gasteiger partial charge in [-0.05, 0) is 52.1 Å². The second-order valence-corrected chi connectivity index (χ2v) is 8.67. The molecule has 0 unspecified atom stereocenters. The number of rotatable bonds is 5. The first-order valence-corrected chi connectivity index (χ1v) is 11.2. The predicted octanol–water partition coefficient (Wildman–Crippen LogP) is 6.40. The smallest absolute Gasteiger partial charge is 0.348 e. The number of fused-ring (bicyclic) bond motifs is 2. The van der Waals surface area contributed by atoms with Crippen LogP contribution in [0.2, 0.25) is 0 Å². The molecule has 0 bridgehead atoms. The van der Waals surface area contributed by atoms with E-state index in [0.29, 0.717) is 18.2 Å². The maximum Gasteiger partial charge on any atom is 0.348 e. The van der Waals surface area contributed by atoms with E-state index in [1.165, 1.54) is 10.9 Å². The standard InChI is InChI=1S/C29H26N2O2/c1-19(2)21-10-12-23(13-11-21)28-26-17-25(33-3)14-15-27(26)31(29(32)30-28)18-20-8-9-22-6-4-5-7-24(22)16-20/h4-17,19H,18H2,1-3H3. The van der Waals surface area contributed by atoms with Crippen LogP contribution in [0.4, 0.5) is 0 Å². The van der Waals surface area contributed by atoms with E-state index in [1.807, 2.05) is 42.5 Å². The summed E-state index contributed by atoms with van der Waals surface area (Å²) in [5.74, 6) is 1.18. The number of ether oxygens (including phenoxy) is 1. The van der Waals surface area contributed by atoms with Crippen molar-refractivity contribution in [3.63, 3.8) is 0 Å². The Bertz CT molecular complexity index is 1520. The van der Waals surface area contributed by atoms with E-state index in [-0.39, 0.29) is 5.69 Å². The minimum Gasteiger partial charge on any atom is -0.497 e. The minimum atomic E-state index is -0.260. The number of aromatic nitrogens is 2. The second kappa shape index (κ2) is 8.55. The van der Waals surface area contributed by atoms with Gasteiger partial charge in [0, 0.05) is 10.9 Å². The summed E-state index contributed by atoms with van der Waals surface area (Å²) in [5.41, 5.74) is 4.50. The van der Waals surface area contributed by atoms with Gasteiger partial charge in [0.2, 0.25) is 0 Å². The Labute approximate surface area is 193 Å². The molecular weight excluding hydrogens is 408 g/mol. The van der Waals surface area contributed by atoms with Crippen molar-refractivity contribution in [2.24, 2.45) is 0 Å². The summed E-state index contributed by atoms with van der Waals surface area (Å²) in [5, 5.41) is 3.23. The lowest BCUT2D eigenvalue weighted by Crippen LogP contribution is -2.24. The van der Waals surface area contributed by atoms with Crippen LogP contribution >= 0.6 is 0 Å². The molecule has 0 amide bonds. The Kier molecular flexibility index (Phi) is 5.43. The van der Waals surface area contributed by atoms with Crippen LogP contribution in [-0.2, 0) is 6.54 Å². The average molecular weight is 435 g/mol. The van der Waals surface area contributed by atoms with E-state index < -0.39 is 0 Å². The van der Waals surface area contributed by atoms with E-state index in [0.717, 1.165) is 33.2 Å². The molecule has 0 radical (unpaired) electrons. The lowest BCUT2D eigenvalue weighted by molar-refractivity contribution is 0.415. The SMILES string of the molecule is COc1ccc2c(c1)c(-c1ccc(C(C)C)cc1)nc(=O)n2Cc1ccc2ccccc2c1. The number of nitrogens with zero attached hydrogens (tertiary/aromatic N) is 2. The molecule has 4 heteroatoms. The van der Waals surface area contributed by atoms with Gasteiger partial charge in [-0.15, -0.1) is 0 Å². The first kappa shape index (κ1) is 21.0. The van der Waals surface area contributed by atoms with Crippen molar-refractivity contribution >= 4 is 21.7 Å². The maximum absolute atomic E-state index is 13.2. The molecule has 5 rings (SSSR count). The number of hydrogen-bond acceptors (Lipinski definition) is 3. The third kappa shape index (κ3) is 4.00. The minimum absolute atomic E-state index is 0.260. The molecule has 0 saturated carbocycles. The van der Waals surface area contributed by atoms with Crippen LogP contribution < -0.4 is 10.4 Å². The van der Waals surface area contributed by atoms with Crippen LogP contribution in [0.15, 0.2) is 89.7 Å². The highest BCUT2D eigenvalue weighted by Gasteiger charge is 2.14. The molecule has 0 atom stereocenters. The van der Waals surface area contributed by atoms with Gasteiger partial charge in [-0.1, -0.05) is 74.5 Å². The highest BCUT2D eigenvalue weighted by Crippen LogP contribution is 2.30. The summed E-state index contributed by atoms with van der Waals surface area (Å²) < 4.78 is 7.23. The number of methoxy groups -OCH3 is 1. The van der Waals surface area contributed by atoms with E-state index in [9.17, 15) is 4.79 Å². The van der Waals surface area contributed by atoms with Crippen molar-refractivity contribution < 1.29 is 4.74 Å². The van der Waals surface area contributed by atoms with Crippen molar-refractivity contribution in [3.8, 4) is 17.0 Å². The summed E-state index contributed by atoms with van der Waals surface area (Å²) in [6.07, 6.45) is 0. The fourth-order valence-electron chi connectivity index (χ4n) is 4.30. The molecule has 0 aliphatic rings. The fraction of sp³-hybridized carbons (Fsp3) is 0.172. The molecule has 0 saturated heterocycles. The molecule has 1 heterocycles. The molecule has 33 heavy (non-hydrogen) atoms. The predicted molar refractivity (Wildman–Crippen MR) is 135 cm³/mol. The molecule has 0 spiro atoms. The van der Waals surface area contributed by atoms with Crippen LogP contribution in [0.3, 0.4) is 0 Å². The third-order valence-electron chi connectivity index (χ3n) is 6.19. The van der Waals surface area contributed by atoms with Crippen molar-refractivity contribution in [3.05, 3.63) is 107 Å².